The van der Waals surface area contributed by atoms with Crippen molar-refractivity contribution in [2.75, 3.05) is 0 Å². The summed E-state index contributed by atoms with van der Waals surface area (Å²) in [6.45, 7) is 1.08. The standard InChI is InChI=1S/C2H4O2.Ca.H3N.H2O4S.2H/c1-2(3)4;;;1-5(2,3)4;;/h1H3,(H,3,4);;1H3;(H2,1,2,3,4);;. The normalized spacial score (nSPS) is 7.55. The van der Waals surface area contributed by atoms with E-state index in [0.29, 0.717) is 0 Å². The molecule has 0 atom stereocenters. The van der Waals surface area contributed by atoms with Gasteiger partial charge in [0.05, 0.1) is 0 Å². The zero-order chi connectivity index (χ0) is 8.08. The van der Waals surface area contributed by atoms with E-state index in [-0.39, 0.29) is 43.9 Å². The van der Waals surface area contributed by atoms with E-state index in [2.05, 4.69) is 0 Å². The molecule has 0 amide bonds. The van der Waals surface area contributed by atoms with Gasteiger partial charge in [-0.15, -0.1) is 0 Å². The molecule has 6 N–H and O–H groups in total. The molecule has 0 saturated carbocycles. The molecule has 9 heteroatoms. The first-order chi connectivity index (χ1) is 3.73. The van der Waals surface area contributed by atoms with Gasteiger partial charge >= 0.3 is 48.1 Å². The Morgan fingerprint density at radius 2 is 1.27 bits per heavy atom. The van der Waals surface area contributed by atoms with Gasteiger partial charge in [-0.2, -0.15) is 8.42 Å². The SMILES string of the molecule is CC(=O)O.N.O=S(=O)(O)O.[CaH2]. The Labute approximate surface area is 93.9 Å². The van der Waals surface area contributed by atoms with Crippen LogP contribution in [0.3, 0.4) is 0 Å². The molecule has 0 unspecified atom stereocenters. The van der Waals surface area contributed by atoms with E-state index in [9.17, 15) is 0 Å². The number of aliphatic carboxylic acids is 1. The third-order valence-electron chi connectivity index (χ3n) is 0. The molecule has 0 fully saturated rings. The minimum atomic E-state index is -4.67. The van der Waals surface area contributed by atoms with E-state index in [1.54, 1.807) is 0 Å². The van der Waals surface area contributed by atoms with Gasteiger partial charge in [0.1, 0.15) is 0 Å². The number of carboxylic acids is 1. The van der Waals surface area contributed by atoms with Crippen LogP contribution in [0.5, 0.6) is 0 Å². The first kappa shape index (κ1) is 22.6. The van der Waals surface area contributed by atoms with Crippen LogP contribution in [0.4, 0.5) is 0 Å². The maximum atomic E-state index is 9.00. The van der Waals surface area contributed by atoms with Gasteiger partial charge in [-0.3, -0.25) is 13.9 Å². The van der Waals surface area contributed by atoms with E-state index >= 15 is 0 Å². The molecular weight excluding hydrogens is 206 g/mol. The quantitative estimate of drug-likeness (QED) is 0.290. The molecule has 0 aliphatic heterocycles. The monoisotopic (exact) mass is 217 g/mol. The van der Waals surface area contributed by atoms with Gasteiger partial charge in [0.25, 0.3) is 5.97 Å². The van der Waals surface area contributed by atoms with Gasteiger partial charge in [0.2, 0.25) is 0 Å². The topological polar surface area (TPSA) is 147 Å². The van der Waals surface area contributed by atoms with Crippen molar-refractivity contribution in [3.63, 3.8) is 0 Å². The van der Waals surface area contributed by atoms with Crippen molar-refractivity contribution >= 4 is 54.1 Å². The predicted molar refractivity (Wildman–Crippen MR) is 41.1 cm³/mol. The van der Waals surface area contributed by atoms with Crippen molar-refractivity contribution in [3.05, 3.63) is 0 Å². The Kier molecular flexibility index (Phi) is 21.7. The maximum absolute atomic E-state index is 9.00. The van der Waals surface area contributed by atoms with E-state index in [4.69, 9.17) is 27.4 Å². The number of hydrogen-bond acceptors (Lipinski definition) is 4. The fourth-order valence-corrected chi connectivity index (χ4v) is 0. The first-order valence-corrected chi connectivity index (χ1v) is 3.02. The molecule has 0 rings (SSSR count). The summed E-state index contributed by atoms with van der Waals surface area (Å²) in [6.07, 6.45) is 0. The van der Waals surface area contributed by atoms with E-state index in [0.717, 1.165) is 6.92 Å². The molecule has 0 spiro atoms. The zero-order valence-electron chi connectivity index (χ0n) is 5.18. The molecular formula is C2H11CaNO6S. The van der Waals surface area contributed by atoms with Crippen LogP contribution < -0.4 is 6.15 Å². The van der Waals surface area contributed by atoms with E-state index in [1.165, 1.54) is 0 Å². The summed E-state index contributed by atoms with van der Waals surface area (Å²) in [7, 11) is -4.67. The molecule has 0 aromatic heterocycles. The van der Waals surface area contributed by atoms with Gasteiger partial charge < -0.3 is 11.3 Å². The van der Waals surface area contributed by atoms with Gasteiger partial charge in [0.15, 0.2) is 0 Å². The second-order valence-corrected chi connectivity index (χ2v) is 1.86. The second-order valence-electron chi connectivity index (χ2n) is 0.967. The van der Waals surface area contributed by atoms with Crippen LogP contribution >= 0.6 is 0 Å². The average molecular weight is 217 g/mol. The van der Waals surface area contributed by atoms with Gasteiger partial charge in [-0.25, -0.2) is 0 Å². The molecule has 0 aromatic rings. The van der Waals surface area contributed by atoms with Crippen molar-refractivity contribution < 1.29 is 27.4 Å². The number of rotatable bonds is 0. The summed E-state index contributed by atoms with van der Waals surface area (Å²) in [5, 5.41) is 7.42. The van der Waals surface area contributed by atoms with Crippen LogP contribution in [0.1, 0.15) is 6.92 Å². The molecule has 68 valence electrons. The fourth-order valence-electron chi connectivity index (χ4n) is 0. The van der Waals surface area contributed by atoms with Crippen LogP contribution in [0.2, 0.25) is 0 Å². The van der Waals surface area contributed by atoms with Crippen LogP contribution in [-0.2, 0) is 15.2 Å². The average Bonchev–Trinajstić information content (AvgIpc) is 1.19. The van der Waals surface area contributed by atoms with Crippen LogP contribution in [0.15, 0.2) is 0 Å². The van der Waals surface area contributed by atoms with E-state index < -0.39 is 16.4 Å². The summed E-state index contributed by atoms with van der Waals surface area (Å²) in [5.41, 5.74) is 0. The first-order valence-electron chi connectivity index (χ1n) is 1.63. The Balaban J connectivity index is -0.0000000383. The van der Waals surface area contributed by atoms with E-state index in [1.807, 2.05) is 0 Å². The molecule has 7 nitrogen and oxygen atoms in total. The summed E-state index contributed by atoms with van der Waals surface area (Å²) in [4.78, 5) is 9.00. The minimum absolute atomic E-state index is 0. The molecule has 0 bridgehead atoms. The summed E-state index contributed by atoms with van der Waals surface area (Å²) in [6, 6.07) is 0. The van der Waals surface area contributed by atoms with Gasteiger partial charge in [0, 0.05) is 6.92 Å². The Bertz CT molecular complexity index is 163. The molecule has 0 aliphatic carbocycles. The summed E-state index contributed by atoms with van der Waals surface area (Å²) < 4.78 is 31.6. The Morgan fingerprint density at radius 1 is 1.27 bits per heavy atom. The number of carboxylic acid groups (broad SMARTS) is 1. The molecule has 0 saturated heterocycles. The van der Waals surface area contributed by atoms with Crippen molar-refractivity contribution in [2.45, 2.75) is 6.92 Å². The summed E-state index contributed by atoms with van der Waals surface area (Å²) in [5.74, 6) is -0.833. The van der Waals surface area contributed by atoms with Crippen molar-refractivity contribution in [1.29, 1.82) is 0 Å². The molecule has 0 aliphatic rings. The number of hydrogen-bond donors (Lipinski definition) is 4. The third kappa shape index (κ3) is 2470. The van der Waals surface area contributed by atoms with Crippen molar-refractivity contribution in [2.24, 2.45) is 0 Å². The van der Waals surface area contributed by atoms with Crippen LogP contribution in [0.25, 0.3) is 0 Å². The van der Waals surface area contributed by atoms with Crippen LogP contribution in [-0.4, -0.2) is 66.3 Å². The molecule has 0 aromatic carbocycles. The molecule has 11 heavy (non-hydrogen) atoms. The third-order valence-corrected chi connectivity index (χ3v) is 0. The van der Waals surface area contributed by atoms with Crippen LogP contribution in [0, 0.1) is 0 Å². The summed E-state index contributed by atoms with van der Waals surface area (Å²) >= 11 is 0. The second kappa shape index (κ2) is 10.6. The fraction of sp³-hybridized carbons (Fsp3) is 0.500. The van der Waals surface area contributed by atoms with Gasteiger partial charge in [-0.05, 0) is 0 Å². The van der Waals surface area contributed by atoms with Crippen molar-refractivity contribution in [3.8, 4) is 0 Å². The van der Waals surface area contributed by atoms with Crippen molar-refractivity contribution in [1.82, 2.24) is 6.15 Å². The molecule has 0 radical (unpaired) electrons. The Hall–Kier alpha value is 0.560. The Morgan fingerprint density at radius 3 is 1.27 bits per heavy atom. The predicted octanol–water partition coefficient (Wildman–Crippen LogP) is -1.32. The van der Waals surface area contributed by atoms with Gasteiger partial charge in [-0.1, -0.05) is 0 Å². The molecule has 0 heterocycles. The zero-order valence-corrected chi connectivity index (χ0v) is 6.00. The number of carbonyl (C=O) groups is 1.